The summed E-state index contributed by atoms with van der Waals surface area (Å²) in [5.74, 6) is -0.0203. The Bertz CT molecular complexity index is 817. The molecule has 0 radical (unpaired) electrons. The molecule has 1 N–H and O–H groups in total. The van der Waals surface area contributed by atoms with E-state index in [1.807, 2.05) is 6.92 Å². The maximum atomic E-state index is 12.9. The Hall–Kier alpha value is -3.03. The molecule has 1 aliphatic rings. The second-order valence-corrected chi connectivity index (χ2v) is 6.57. The summed E-state index contributed by atoms with van der Waals surface area (Å²) in [6.07, 6.45) is 1.64. The number of nitrogens with one attached hydrogen (secondary N) is 1. The van der Waals surface area contributed by atoms with Crippen molar-refractivity contribution in [2.24, 2.45) is 0 Å². The van der Waals surface area contributed by atoms with E-state index < -0.39 is 18.0 Å². The number of nitrogens with zero attached hydrogens (tertiary/aromatic N) is 1. The zero-order chi connectivity index (χ0) is 21.6. The van der Waals surface area contributed by atoms with Crippen molar-refractivity contribution in [2.75, 3.05) is 20.8 Å². The molecule has 1 atom stereocenters. The number of hydrogen-bond donors (Lipinski definition) is 1. The molecule has 0 saturated carbocycles. The lowest BCUT2D eigenvalue weighted by molar-refractivity contribution is -0.140. The minimum absolute atomic E-state index is 0.173. The number of carbonyl (C=O) groups excluding carboxylic acids is 3. The maximum Gasteiger partial charge on any atom is 0.338 e. The van der Waals surface area contributed by atoms with Gasteiger partial charge in [-0.2, -0.15) is 0 Å². The monoisotopic (exact) mass is 404 g/mol. The van der Waals surface area contributed by atoms with Gasteiger partial charge in [0.1, 0.15) is 6.04 Å². The van der Waals surface area contributed by atoms with Crippen LogP contribution in [0.15, 0.2) is 29.5 Å². The number of amides is 3. The second kappa shape index (κ2) is 9.95. The van der Waals surface area contributed by atoms with Crippen LogP contribution in [0.3, 0.4) is 0 Å². The molecule has 0 spiro atoms. The van der Waals surface area contributed by atoms with Crippen molar-refractivity contribution in [2.45, 2.75) is 46.1 Å². The number of unbranched alkanes of at least 4 members (excludes halogenated alkanes) is 1. The van der Waals surface area contributed by atoms with Gasteiger partial charge >= 0.3 is 12.0 Å². The van der Waals surface area contributed by atoms with Gasteiger partial charge in [0.05, 0.1) is 26.4 Å². The Labute approximate surface area is 170 Å². The summed E-state index contributed by atoms with van der Waals surface area (Å²) in [5, 5.41) is 2.62. The van der Waals surface area contributed by atoms with Crippen LogP contribution in [0.25, 0.3) is 0 Å². The summed E-state index contributed by atoms with van der Waals surface area (Å²) >= 11 is 0. The number of benzene rings is 1. The third-order valence-corrected chi connectivity index (χ3v) is 4.68. The van der Waals surface area contributed by atoms with Gasteiger partial charge in [0.25, 0.3) is 0 Å². The molecule has 3 amide bonds. The van der Waals surface area contributed by atoms with Gasteiger partial charge in [-0.15, -0.1) is 0 Å². The summed E-state index contributed by atoms with van der Waals surface area (Å²) < 4.78 is 15.8. The van der Waals surface area contributed by atoms with E-state index >= 15 is 0 Å². The van der Waals surface area contributed by atoms with Crippen LogP contribution in [0.4, 0.5) is 4.79 Å². The fourth-order valence-corrected chi connectivity index (χ4v) is 3.26. The normalized spacial score (nSPS) is 16.4. The van der Waals surface area contributed by atoms with Crippen molar-refractivity contribution in [1.29, 1.82) is 0 Å². The molecule has 0 aliphatic carbocycles. The summed E-state index contributed by atoms with van der Waals surface area (Å²) in [4.78, 5) is 39.5. The molecule has 8 nitrogen and oxygen atoms in total. The first kappa shape index (κ1) is 22.3. The zero-order valence-corrected chi connectivity index (χ0v) is 17.5. The van der Waals surface area contributed by atoms with Crippen LogP contribution >= 0.6 is 0 Å². The highest BCUT2D eigenvalue weighted by molar-refractivity contribution is 6.02. The number of carbonyl (C=O) groups is 3. The maximum absolute atomic E-state index is 12.9. The minimum Gasteiger partial charge on any atom is -0.493 e. The second-order valence-electron chi connectivity index (χ2n) is 6.57. The molecule has 29 heavy (non-hydrogen) atoms. The number of methoxy groups -OCH3 is 2. The minimum atomic E-state index is -0.924. The van der Waals surface area contributed by atoms with Crippen molar-refractivity contribution in [3.05, 3.63) is 35.0 Å². The molecule has 1 aromatic rings. The molecule has 1 aromatic carbocycles. The molecule has 0 bridgehead atoms. The van der Waals surface area contributed by atoms with Crippen LogP contribution in [0.2, 0.25) is 0 Å². The van der Waals surface area contributed by atoms with Crippen LogP contribution in [0.5, 0.6) is 11.5 Å². The highest BCUT2D eigenvalue weighted by atomic mass is 16.5. The quantitative estimate of drug-likeness (QED) is 0.668. The molecule has 158 valence electrons. The Morgan fingerprint density at radius 3 is 2.41 bits per heavy atom. The Balaban J connectivity index is 2.64. The van der Waals surface area contributed by atoms with Crippen molar-refractivity contribution >= 4 is 17.9 Å². The third-order valence-electron chi connectivity index (χ3n) is 4.68. The summed E-state index contributed by atoms with van der Waals surface area (Å²) in [6.45, 7) is 5.45. The number of ether oxygens (including phenoxy) is 3. The van der Waals surface area contributed by atoms with Gasteiger partial charge in [0.15, 0.2) is 11.5 Å². The van der Waals surface area contributed by atoms with Crippen molar-refractivity contribution in [3.63, 3.8) is 0 Å². The lowest BCUT2D eigenvalue weighted by atomic mass is 9.93. The Kier molecular flexibility index (Phi) is 7.64. The lowest BCUT2D eigenvalue weighted by Gasteiger charge is -2.36. The fraction of sp³-hybridized carbons (Fsp3) is 0.476. The largest absolute Gasteiger partial charge is 0.493 e. The van der Waals surface area contributed by atoms with Gasteiger partial charge < -0.3 is 19.5 Å². The van der Waals surface area contributed by atoms with Gasteiger partial charge in [-0.05, 0) is 38.0 Å². The number of imide groups is 1. The van der Waals surface area contributed by atoms with Gasteiger partial charge in [0, 0.05) is 12.1 Å². The average molecular weight is 404 g/mol. The van der Waals surface area contributed by atoms with Crippen LogP contribution in [-0.2, 0) is 14.3 Å². The van der Waals surface area contributed by atoms with Gasteiger partial charge in [0.2, 0.25) is 5.91 Å². The van der Waals surface area contributed by atoms with E-state index in [9.17, 15) is 14.4 Å². The molecule has 0 aromatic heterocycles. The van der Waals surface area contributed by atoms with Gasteiger partial charge in [-0.3, -0.25) is 9.69 Å². The standard InChI is InChI=1S/C21H28N2O6/c1-6-8-9-17(24)23-19(14-10-11-15(27-4)16(12-14)28-5)18(20(25)29-7-2)13(3)22-21(23)26/h10-12,19H,6-9H2,1-5H3,(H,22,26). The molecule has 1 heterocycles. The number of urea groups is 1. The Morgan fingerprint density at radius 2 is 1.83 bits per heavy atom. The van der Waals surface area contributed by atoms with Crippen LogP contribution in [-0.4, -0.2) is 43.6 Å². The van der Waals surface area contributed by atoms with Crippen LogP contribution in [0, 0.1) is 0 Å². The molecular weight excluding hydrogens is 376 g/mol. The first-order valence-electron chi connectivity index (χ1n) is 9.62. The number of hydrogen-bond acceptors (Lipinski definition) is 6. The summed E-state index contributed by atoms with van der Waals surface area (Å²) in [6, 6.07) is 3.54. The molecule has 1 unspecified atom stereocenters. The number of allylic oxidation sites excluding steroid dienone is 1. The first-order chi connectivity index (χ1) is 13.9. The molecular formula is C21H28N2O6. The topological polar surface area (TPSA) is 94.2 Å². The number of esters is 1. The van der Waals surface area contributed by atoms with Crippen LogP contribution in [0.1, 0.15) is 51.6 Å². The van der Waals surface area contributed by atoms with E-state index in [4.69, 9.17) is 14.2 Å². The van der Waals surface area contributed by atoms with Crippen molar-refractivity contribution in [3.8, 4) is 11.5 Å². The van der Waals surface area contributed by atoms with Crippen LogP contribution < -0.4 is 14.8 Å². The van der Waals surface area contributed by atoms with E-state index in [1.54, 1.807) is 32.0 Å². The molecule has 0 saturated heterocycles. The van der Waals surface area contributed by atoms with Gasteiger partial charge in [-0.25, -0.2) is 9.59 Å². The predicted molar refractivity (Wildman–Crippen MR) is 107 cm³/mol. The lowest BCUT2D eigenvalue weighted by Crippen LogP contribution is -2.51. The van der Waals surface area contributed by atoms with E-state index in [2.05, 4.69) is 5.32 Å². The van der Waals surface area contributed by atoms with E-state index in [-0.39, 0.29) is 24.5 Å². The SMILES string of the molecule is CCCCC(=O)N1C(=O)NC(C)=C(C(=O)OCC)C1c1ccc(OC)c(OC)c1. The number of rotatable bonds is 8. The van der Waals surface area contributed by atoms with E-state index in [0.717, 1.165) is 11.3 Å². The molecule has 1 aliphatic heterocycles. The predicted octanol–water partition coefficient (Wildman–Crippen LogP) is 3.32. The fourth-order valence-electron chi connectivity index (χ4n) is 3.26. The smallest absolute Gasteiger partial charge is 0.338 e. The molecule has 2 rings (SSSR count). The van der Waals surface area contributed by atoms with E-state index in [0.29, 0.717) is 29.2 Å². The third kappa shape index (κ3) is 4.70. The summed E-state index contributed by atoms with van der Waals surface area (Å²) in [5.41, 5.74) is 1.11. The molecule has 0 fully saturated rings. The van der Waals surface area contributed by atoms with E-state index in [1.165, 1.54) is 14.2 Å². The first-order valence-corrected chi connectivity index (χ1v) is 9.62. The molecule has 8 heteroatoms. The average Bonchev–Trinajstić information content (AvgIpc) is 2.70. The van der Waals surface area contributed by atoms with Gasteiger partial charge in [-0.1, -0.05) is 19.4 Å². The van der Waals surface area contributed by atoms with Crippen molar-refractivity contribution in [1.82, 2.24) is 10.2 Å². The Morgan fingerprint density at radius 1 is 1.14 bits per heavy atom. The summed E-state index contributed by atoms with van der Waals surface area (Å²) in [7, 11) is 3.01. The highest BCUT2D eigenvalue weighted by Gasteiger charge is 2.41. The zero-order valence-electron chi connectivity index (χ0n) is 17.5. The van der Waals surface area contributed by atoms with Crippen molar-refractivity contribution < 1.29 is 28.6 Å². The highest BCUT2D eigenvalue weighted by Crippen LogP contribution is 2.38.